The lowest BCUT2D eigenvalue weighted by atomic mass is 10.0. The van der Waals surface area contributed by atoms with Crippen molar-refractivity contribution in [2.75, 3.05) is 26.2 Å². The van der Waals surface area contributed by atoms with Gasteiger partial charge < -0.3 is 14.5 Å². The van der Waals surface area contributed by atoms with E-state index in [1.807, 2.05) is 24.3 Å². The van der Waals surface area contributed by atoms with Crippen molar-refractivity contribution in [3.8, 4) is 5.75 Å². The van der Waals surface area contributed by atoms with Gasteiger partial charge in [0.25, 0.3) is 5.91 Å². The van der Waals surface area contributed by atoms with Crippen LogP contribution in [0, 0.1) is 5.82 Å². The second-order valence-corrected chi connectivity index (χ2v) is 8.35. The summed E-state index contributed by atoms with van der Waals surface area (Å²) in [5.41, 5.74) is 2.01. The van der Waals surface area contributed by atoms with Gasteiger partial charge in [-0.1, -0.05) is 38.1 Å². The van der Waals surface area contributed by atoms with Crippen molar-refractivity contribution in [2.24, 2.45) is 0 Å². The fourth-order valence-corrected chi connectivity index (χ4v) is 3.72. The number of carbonyl (C=O) groups excluding carboxylic acids is 2. The molecule has 3 rings (SSSR count). The minimum absolute atomic E-state index is 0.00421. The normalized spacial score (nSPS) is 15.5. The molecule has 1 fully saturated rings. The maximum atomic E-state index is 13.1. The van der Waals surface area contributed by atoms with Crippen LogP contribution in [-0.2, 0) is 16.0 Å². The van der Waals surface area contributed by atoms with Crippen molar-refractivity contribution < 1.29 is 18.7 Å². The molecule has 0 bridgehead atoms. The topological polar surface area (TPSA) is 49.9 Å². The van der Waals surface area contributed by atoms with E-state index >= 15 is 0 Å². The molecular weight excluding hydrogens is 395 g/mol. The Morgan fingerprint density at radius 2 is 1.52 bits per heavy atom. The lowest BCUT2D eigenvalue weighted by molar-refractivity contribution is -0.138. The standard InChI is InChI=1S/C25H31FN2O3/c1-18(2)21-7-11-23(12-8-21)31-19(3)25(30)28-14-4-13-27(15-16-28)24(29)17-20-5-9-22(26)10-6-20/h5-12,18-19H,4,13-17H2,1-3H3. The summed E-state index contributed by atoms with van der Waals surface area (Å²) in [5, 5.41) is 0. The van der Waals surface area contributed by atoms with Crippen LogP contribution in [0.2, 0.25) is 0 Å². The van der Waals surface area contributed by atoms with E-state index in [-0.39, 0.29) is 24.1 Å². The summed E-state index contributed by atoms with van der Waals surface area (Å²) in [4.78, 5) is 29.1. The van der Waals surface area contributed by atoms with E-state index in [1.165, 1.54) is 17.7 Å². The second-order valence-electron chi connectivity index (χ2n) is 8.35. The number of halogens is 1. The van der Waals surface area contributed by atoms with Gasteiger partial charge >= 0.3 is 0 Å². The van der Waals surface area contributed by atoms with Gasteiger partial charge in [-0.05, 0) is 54.7 Å². The van der Waals surface area contributed by atoms with Crippen molar-refractivity contribution >= 4 is 11.8 Å². The molecule has 0 aromatic heterocycles. The SMILES string of the molecule is CC(Oc1ccc(C(C)C)cc1)C(=O)N1CCCN(C(=O)Cc2ccc(F)cc2)CC1. The first-order valence-electron chi connectivity index (χ1n) is 10.9. The molecule has 1 aliphatic rings. The predicted molar refractivity (Wildman–Crippen MR) is 119 cm³/mol. The number of nitrogens with zero attached hydrogens (tertiary/aromatic N) is 2. The van der Waals surface area contributed by atoms with Crippen LogP contribution in [0.3, 0.4) is 0 Å². The summed E-state index contributed by atoms with van der Waals surface area (Å²) in [7, 11) is 0. The Morgan fingerprint density at radius 3 is 2.16 bits per heavy atom. The van der Waals surface area contributed by atoms with Crippen LogP contribution in [0.1, 0.15) is 44.2 Å². The van der Waals surface area contributed by atoms with E-state index < -0.39 is 6.10 Å². The molecule has 1 unspecified atom stereocenters. The van der Waals surface area contributed by atoms with Crippen molar-refractivity contribution in [2.45, 2.75) is 45.6 Å². The summed E-state index contributed by atoms with van der Waals surface area (Å²) >= 11 is 0. The van der Waals surface area contributed by atoms with Crippen LogP contribution in [0.25, 0.3) is 0 Å². The lowest BCUT2D eigenvalue weighted by Gasteiger charge is -2.25. The molecule has 1 heterocycles. The molecule has 2 aromatic carbocycles. The molecule has 2 amide bonds. The van der Waals surface area contributed by atoms with Gasteiger partial charge in [-0.3, -0.25) is 9.59 Å². The van der Waals surface area contributed by atoms with Gasteiger partial charge in [-0.2, -0.15) is 0 Å². The Morgan fingerprint density at radius 1 is 0.903 bits per heavy atom. The summed E-state index contributed by atoms with van der Waals surface area (Å²) in [6.07, 6.45) is 0.364. The van der Waals surface area contributed by atoms with Gasteiger partial charge in [0.2, 0.25) is 5.91 Å². The summed E-state index contributed by atoms with van der Waals surface area (Å²) in [5.74, 6) is 0.735. The average molecular weight is 427 g/mol. The zero-order valence-electron chi connectivity index (χ0n) is 18.5. The van der Waals surface area contributed by atoms with E-state index in [2.05, 4.69) is 13.8 Å². The second kappa shape index (κ2) is 10.4. The molecule has 1 aliphatic heterocycles. The molecule has 0 N–H and O–H groups in total. The van der Waals surface area contributed by atoms with Crippen LogP contribution in [-0.4, -0.2) is 53.9 Å². The van der Waals surface area contributed by atoms with Gasteiger partial charge in [0.05, 0.1) is 6.42 Å². The van der Waals surface area contributed by atoms with Crippen molar-refractivity contribution in [1.82, 2.24) is 9.80 Å². The monoisotopic (exact) mass is 426 g/mol. The van der Waals surface area contributed by atoms with Gasteiger partial charge in [0.15, 0.2) is 6.10 Å². The van der Waals surface area contributed by atoms with Gasteiger partial charge in [-0.25, -0.2) is 4.39 Å². The molecule has 1 saturated heterocycles. The minimum Gasteiger partial charge on any atom is -0.481 e. The van der Waals surface area contributed by atoms with Gasteiger partial charge in [0.1, 0.15) is 11.6 Å². The molecule has 1 atom stereocenters. The molecule has 5 nitrogen and oxygen atoms in total. The van der Waals surface area contributed by atoms with E-state index in [4.69, 9.17) is 4.74 Å². The zero-order chi connectivity index (χ0) is 22.4. The highest BCUT2D eigenvalue weighted by molar-refractivity contribution is 5.81. The van der Waals surface area contributed by atoms with Crippen LogP contribution in [0.4, 0.5) is 4.39 Å². The molecule has 0 radical (unpaired) electrons. The molecule has 0 saturated carbocycles. The van der Waals surface area contributed by atoms with Crippen LogP contribution < -0.4 is 4.74 Å². The first kappa shape index (κ1) is 22.8. The number of hydrogen-bond donors (Lipinski definition) is 0. The highest BCUT2D eigenvalue weighted by Crippen LogP contribution is 2.20. The Hall–Kier alpha value is -2.89. The van der Waals surface area contributed by atoms with E-state index in [9.17, 15) is 14.0 Å². The number of ether oxygens (including phenoxy) is 1. The average Bonchev–Trinajstić information content (AvgIpc) is 3.01. The lowest BCUT2D eigenvalue weighted by Crippen LogP contribution is -2.43. The Balaban J connectivity index is 1.52. The summed E-state index contributed by atoms with van der Waals surface area (Å²) in [6.45, 7) is 8.20. The van der Waals surface area contributed by atoms with Gasteiger partial charge in [-0.15, -0.1) is 0 Å². The summed E-state index contributed by atoms with van der Waals surface area (Å²) < 4.78 is 18.9. The Labute approximate surface area is 183 Å². The zero-order valence-corrected chi connectivity index (χ0v) is 18.5. The number of benzene rings is 2. The van der Waals surface area contributed by atoms with E-state index in [0.717, 1.165) is 12.0 Å². The Bertz CT molecular complexity index is 881. The molecule has 0 aliphatic carbocycles. The molecule has 0 spiro atoms. The molecule has 2 aromatic rings. The van der Waals surface area contributed by atoms with Crippen molar-refractivity contribution in [1.29, 1.82) is 0 Å². The molecule has 31 heavy (non-hydrogen) atoms. The third kappa shape index (κ3) is 6.29. The number of carbonyl (C=O) groups is 2. The first-order valence-corrected chi connectivity index (χ1v) is 10.9. The molecule has 166 valence electrons. The fraction of sp³-hybridized carbons (Fsp3) is 0.440. The highest BCUT2D eigenvalue weighted by atomic mass is 19.1. The number of hydrogen-bond acceptors (Lipinski definition) is 3. The number of rotatable bonds is 6. The van der Waals surface area contributed by atoms with Crippen molar-refractivity contribution in [3.05, 3.63) is 65.5 Å². The van der Waals surface area contributed by atoms with E-state index in [0.29, 0.717) is 37.8 Å². The largest absolute Gasteiger partial charge is 0.481 e. The summed E-state index contributed by atoms with van der Waals surface area (Å²) in [6, 6.07) is 13.8. The van der Waals surface area contributed by atoms with Crippen LogP contribution >= 0.6 is 0 Å². The van der Waals surface area contributed by atoms with E-state index in [1.54, 1.807) is 28.9 Å². The maximum absolute atomic E-state index is 13.1. The predicted octanol–water partition coefficient (Wildman–Crippen LogP) is 4.02. The Kier molecular flexibility index (Phi) is 7.66. The maximum Gasteiger partial charge on any atom is 0.263 e. The van der Waals surface area contributed by atoms with Crippen molar-refractivity contribution in [3.63, 3.8) is 0 Å². The minimum atomic E-state index is -0.591. The first-order chi connectivity index (χ1) is 14.8. The van der Waals surface area contributed by atoms with Crippen LogP contribution in [0.5, 0.6) is 5.75 Å². The number of amides is 2. The quantitative estimate of drug-likeness (QED) is 0.701. The molecular formula is C25H31FN2O3. The molecule has 6 heteroatoms. The smallest absolute Gasteiger partial charge is 0.263 e. The van der Waals surface area contributed by atoms with Crippen LogP contribution in [0.15, 0.2) is 48.5 Å². The third-order valence-electron chi connectivity index (χ3n) is 5.64. The fourth-order valence-electron chi connectivity index (χ4n) is 3.72. The van der Waals surface area contributed by atoms with Gasteiger partial charge in [0, 0.05) is 26.2 Å². The third-order valence-corrected chi connectivity index (χ3v) is 5.64. The highest BCUT2D eigenvalue weighted by Gasteiger charge is 2.26.